The van der Waals surface area contributed by atoms with E-state index < -0.39 is 58.4 Å². The third kappa shape index (κ3) is 7.31. The number of hydrogen-bond acceptors (Lipinski definition) is 13. The van der Waals surface area contributed by atoms with Gasteiger partial charge in [0.1, 0.15) is 12.3 Å². The van der Waals surface area contributed by atoms with Crippen LogP contribution in [0.4, 0.5) is 0 Å². The normalized spacial score (nSPS) is 21.5. The fourth-order valence-corrected chi connectivity index (χ4v) is 3.97. The molecule has 37 heavy (non-hydrogen) atoms. The van der Waals surface area contributed by atoms with E-state index in [0.29, 0.717) is 0 Å². The van der Waals surface area contributed by atoms with E-state index in [9.17, 15) is 27.6 Å². The molecule has 15 nitrogen and oxygen atoms in total. The van der Waals surface area contributed by atoms with Crippen molar-refractivity contribution in [1.29, 1.82) is 0 Å². The molecular formula is C21H24N4O11S. The summed E-state index contributed by atoms with van der Waals surface area (Å²) < 4.78 is 50.5. The van der Waals surface area contributed by atoms with Gasteiger partial charge in [0, 0.05) is 20.8 Å². The van der Waals surface area contributed by atoms with Gasteiger partial charge in [-0.25, -0.2) is 23.0 Å². The lowest BCUT2D eigenvalue weighted by Crippen LogP contribution is -2.55. The Balaban J connectivity index is 1.74. The molecule has 3 rings (SSSR count). The molecule has 1 aliphatic heterocycles. The molecule has 200 valence electrons. The van der Waals surface area contributed by atoms with Crippen molar-refractivity contribution in [1.82, 2.24) is 15.0 Å². The van der Waals surface area contributed by atoms with Gasteiger partial charge in [-0.05, 0) is 24.3 Å². The van der Waals surface area contributed by atoms with Crippen LogP contribution in [0.3, 0.4) is 0 Å². The van der Waals surface area contributed by atoms with Gasteiger partial charge in [-0.3, -0.25) is 14.4 Å². The molecule has 2 heterocycles. The van der Waals surface area contributed by atoms with E-state index in [-0.39, 0.29) is 29.4 Å². The van der Waals surface area contributed by atoms with Gasteiger partial charge >= 0.3 is 23.9 Å². The maximum atomic E-state index is 12.3. The summed E-state index contributed by atoms with van der Waals surface area (Å²) in [7, 11) is -3.91. The molecular weight excluding hydrogens is 516 g/mol. The minimum atomic E-state index is -3.91. The number of carbonyl (C=O) groups excluding carboxylic acids is 4. The van der Waals surface area contributed by atoms with Gasteiger partial charge in [-0.15, -0.1) is 5.10 Å². The summed E-state index contributed by atoms with van der Waals surface area (Å²) in [5.41, 5.74) is 0.261. The lowest BCUT2D eigenvalue weighted by molar-refractivity contribution is -0.241. The number of nitrogens with two attached hydrogens (primary N) is 1. The summed E-state index contributed by atoms with van der Waals surface area (Å²) in [5.74, 6) is -2.85. The molecule has 16 heteroatoms. The number of carbonyl (C=O) groups is 4. The quantitative estimate of drug-likeness (QED) is 0.335. The minimum absolute atomic E-state index is 0.0751. The van der Waals surface area contributed by atoms with E-state index in [1.165, 1.54) is 35.1 Å². The summed E-state index contributed by atoms with van der Waals surface area (Å²) >= 11 is 0. The van der Waals surface area contributed by atoms with E-state index in [1.54, 1.807) is 0 Å². The number of nitrogens with zero attached hydrogens (tertiary/aromatic N) is 3. The number of sulfonamides is 1. The zero-order chi connectivity index (χ0) is 27.3. The van der Waals surface area contributed by atoms with Crippen LogP contribution in [0, 0.1) is 0 Å². The molecule has 1 aromatic heterocycles. The Hall–Kier alpha value is -3.89. The van der Waals surface area contributed by atoms with Gasteiger partial charge in [-0.2, -0.15) is 0 Å². The summed E-state index contributed by atoms with van der Waals surface area (Å²) in [6.45, 7) is 2.92. The second-order valence-corrected chi connectivity index (χ2v) is 9.42. The van der Waals surface area contributed by atoms with Crippen molar-refractivity contribution >= 4 is 33.9 Å². The molecule has 1 aromatic carbocycles. The zero-order valence-electron chi connectivity index (χ0n) is 19.9. The molecule has 1 fully saturated rings. The van der Waals surface area contributed by atoms with Crippen molar-refractivity contribution in [2.45, 2.75) is 56.8 Å². The van der Waals surface area contributed by atoms with Gasteiger partial charge in [0.2, 0.25) is 10.0 Å². The maximum Gasteiger partial charge on any atom is 0.338 e. The van der Waals surface area contributed by atoms with Crippen LogP contribution in [-0.4, -0.2) is 72.2 Å². The number of benzene rings is 1. The molecule has 4 atom stereocenters. The first kappa shape index (κ1) is 27.7. The Kier molecular flexibility index (Phi) is 8.57. The van der Waals surface area contributed by atoms with Gasteiger partial charge in [0.25, 0.3) is 0 Å². The number of rotatable bonds is 8. The Morgan fingerprint density at radius 3 is 2.16 bits per heavy atom. The number of esters is 4. The van der Waals surface area contributed by atoms with Gasteiger partial charge < -0.3 is 23.7 Å². The molecule has 0 radical (unpaired) electrons. The molecule has 2 N–H and O–H groups in total. The van der Waals surface area contributed by atoms with Crippen molar-refractivity contribution in [2.75, 3.05) is 6.61 Å². The first-order valence-electron chi connectivity index (χ1n) is 10.7. The number of ether oxygens (including phenoxy) is 5. The third-order valence-corrected chi connectivity index (χ3v) is 5.84. The first-order valence-corrected chi connectivity index (χ1v) is 12.2. The van der Waals surface area contributed by atoms with Crippen molar-refractivity contribution in [2.24, 2.45) is 5.14 Å². The van der Waals surface area contributed by atoms with E-state index >= 15 is 0 Å². The third-order valence-electron chi connectivity index (χ3n) is 4.91. The zero-order valence-corrected chi connectivity index (χ0v) is 20.7. The highest BCUT2D eigenvalue weighted by molar-refractivity contribution is 7.89. The molecule has 0 saturated carbocycles. The molecule has 0 unspecified atom stereocenters. The minimum Gasteiger partial charge on any atom is -0.456 e. The Bertz CT molecular complexity index is 1280. The monoisotopic (exact) mass is 540 g/mol. The van der Waals surface area contributed by atoms with Gasteiger partial charge in [0.15, 0.2) is 24.5 Å². The van der Waals surface area contributed by atoms with Gasteiger partial charge in [-0.1, -0.05) is 5.21 Å². The van der Waals surface area contributed by atoms with Crippen LogP contribution in [0.15, 0.2) is 35.4 Å². The second kappa shape index (κ2) is 11.4. The van der Waals surface area contributed by atoms with Crippen molar-refractivity contribution in [3.63, 3.8) is 0 Å². The van der Waals surface area contributed by atoms with E-state index in [1.807, 2.05) is 0 Å². The highest BCUT2D eigenvalue weighted by atomic mass is 32.2. The largest absolute Gasteiger partial charge is 0.456 e. The predicted molar refractivity (Wildman–Crippen MR) is 119 cm³/mol. The molecule has 0 bridgehead atoms. The standard InChI is InChI=1S/C21H24N4O11S/c1-11(26)34-17-10-32-20(19(36-13(3)28)18(17)35-12(2)27)25-8-15(23-24-25)9-33-21(29)14-4-6-16(7-5-14)37(22,30)31/h4-8,17-20H,9-10H2,1-3H3,(H2,22,30,31)/t17-,18-,19+,20-/m1/s1. The number of hydrogen-bond donors (Lipinski definition) is 1. The highest BCUT2D eigenvalue weighted by Crippen LogP contribution is 2.30. The van der Waals surface area contributed by atoms with Crippen LogP contribution in [0.1, 0.15) is 43.1 Å². The van der Waals surface area contributed by atoms with Crippen LogP contribution in [0.2, 0.25) is 0 Å². The summed E-state index contributed by atoms with van der Waals surface area (Å²) in [6, 6.07) is 4.82. The van der Waals surface area contributed by atoms with Crippen LogP contribution < -0.4 is 5.14 Å². The lowest BCUT2D eigenvalue weighted by Gasteiger charge is -2.40. The first-order chi connectivity index (χ1) is 17.3. The number of primary sulfonamides is 1. The summed E-state index contributed by atoms with van der Waals surface area (Å²) in [5, 5.41) is 12.8. The van der Waals surface area contributed by atoms with Crippen LogP contribution in [0.25, 0.3) is 0 Å². The highest BCUT2D eigenvalue weighted by Gasteiger charge is 2.48. The molecule has 1 saturated heterocycles. The SMILES string of the molecule is CC(=O)O[C@H]1[C@H](OC(C)=O)[C@H](OC(C)=O)CO[C@H]1n1cc(COC(=O)c2ccc(S(N)(=O)=O)cc2)nn1. The second-order valence-electron chi connectivity index (χ2n) is 7.86. The van der Waals surface area contributed by atoms with Crippen LogP contribution in [0.5, 0.6) is 0 Å². The smallest absolute Gasteiger partial charge is 0.338 e. The van der Waals surface area contributed by atoms with E-state index in [2.05, 4.69) is 10.3 Å². The van der Waals surface area contributed by atoms with Crippen LogP contribution >= 0.6 is 0 Å². The van der Waals surface area contributed by atoms with E-state index in [0.717, 1.165) is 20.8 Å². The molecule has 1 aliphatic rings. The Labute approximate surface area is 210 Å². The predicted octanol–water partition coefficient (Wildman–Crippen LogP) is -0.394. The Morgan fingerprint density at radius 2 is 1.59 bits per heavy atom. The summed E-state index contributed by atoms with van der Waals surface area (Å²) in [6.07, 6.45) is -3.27. The Morgan fingerprint density at radius 1 is 1.00 bits per heavy atom. The average Bonchev–Trinajstić information content (AvgIpc) is 3.27. The van der Waals surface area contributed by atoms with E-state index in [4.69, 9.17) is 28.8 Å². The topological polar surface area (TPSA) is 205 Å². The molecule has 0 aliphatic carbocycles. The van der Waals surface area contributed by atoms with Crippen molar-refractivity contribution < 1.29 is 51.3 Å². The fraction of sp³-hybridized carbons (Fsp3) is 0.429. The molecule has 2 aromatic rings. The lowest BCUT2D eigenvalue weighted by atomic mass is 10.0. The maximum absolute atomic E-state index is 12.3. The number of aromatic nitrogens is 3. The fourth-order valence-electron chi connectivity index (χ4n) is 3.46. The van der Waals surface area contributed by atoms with Crippen molar-refractivity contribution in [3.8, 4) is 0 Å². The molecule has 0 spiro atoms. The molecule has 0 amide bonds. The average molecular weight is 541 g/mol. The van der Waals surface area contributed by atoms with Crippen molar-refractivity contribution in [3.05, 3.63) is 41.7 Å². The van der Waals surface area contributed by atoms with Gasteiger partial charge in [0.05, 0.1) is 23.3 Å². The summed E-state index contributed by atoms with van der Waals surface area (Å²) in [4.78, 5) is 47.1. The van der Waals surface area contributed by atoms with Crippen LogP contribution in [-0.2, 0) is 54.7 Å².